The molecule has 0 radical (unpaired) electrons. The van der Waals surface area contributed by atoms with Crippen LogP contribution in [0.15, 0.2) is 23.6 Å². The highest BCUT2D eigenvalue weighted by Crippen LogP contribution is 2.28. The lowest BCUT2D eigenvalue weighted by atomic mass is 10.2. The van der Waals surface area contributed by atoms with Gasteiger partial charge in [0, 0.05) is 7.11 Å². The van der Waals surface area contributed by atoms with Gasteiger partial charge in [-0.1, -0.05) is 24.6 Å². The molecule has 0 saturated carbocycles. The fourth-order valence-corrected chi connectivity index (χ4v) is 3.18. The molecule has 1 aromatic heterocycles. The van der Waals surface area contributed by atoms with Crippen molar-refractivity contribution in [2.24, 2.45) is 0 Å². The van der Waals surface area contributed by atoms with Crippen LogP contribution >= 0.6 is 22.9 Å². The number of thiophene rings is 1. The Morgan fingerprint density at radius 3 is 2.68 bits per heavy atom. The number of halogens is 3. The molecule has 134 valence electrons. The summed E-state index contributed by atoms with van der Waals surface area (Å²) >= 11 is 6.71. The normalized spacial score (nSPS) is 10.6. The molecule has 1 N–H and O–H groups in total. The molecule has 1 aromatic carbocycles. The fourth-order valence-electron chi connectivity index (χ4n) is 2.11. The minimum atomic E-state index is -0.990. The second-order valence-corrected chi connectivity index (χ2v) is 6.18. The first-order chi connectivity index (χ1) is 11.9. The number of imide groups is 1. The monoisotopic (exact) mass is 388 g/mol. The number of aryl methyl sites for hydroxylation is 1. The van der Waals surface area contributed by atoms with E-state index in [1.54, 1.807) is 12.3 Å². The topological polar surface area (TPSA) is 58.6 Å². The molecule has 5 nitrogen and oxygen atoms in total. The van der Waals surface area contributed by atoms with Crippen molar-refractivity contribution in [3.05, 3.63) is 50.7 Å². The predicted molar refractivity (Wildman–Crippen MR) is 92.1 cm³/mol. The smallest absolute Gasteiger partial charge is 0.330 e. The molecule has 9 heteroatoms. The average molecular weight is 389 g/mol. The van der Waals surface area contributed by atoms with Crippen molar-refractivity contribution in [1.29, 1.82) is 0 Å². The van der Waals surface area contributed by atoms with Gasteiger partial charge in [-0.2, -0.15) is 4.39 Å². The highest BCUT2D eigenvalue weighted by molar-refractivity contribution is 7.08. The van der Waals surface area contributed by atoms with E-state index in [1.807, 2.05) is 0 Å². The molecule has 0 atom stereocenters. The number of methoxy groups -OCH3 is 1. The number of rotatable bonds is 5. The van der Waals surface area contributed by atoms with Crippen LogP contribution in [-0.2, 0) is 11.2 Å². The Hall–Kier alpha value is -2.03. The largest absolute Gasteiger partial charge is 0.364 e. The molecule has 0 aliphatic heterocycles. The Morgan fingerprint density at radius 2 is 2.08 bits per heavy atom. The summed E-state index contributed by atoms with van der Waals surface area (Å²) in [5.74, 6) is -1.86. The molecule has 0 saturated heterocycles. The first-order valence-electron chi connectivity index (χ1n) is 7.22. The first-order valence-corrected chi connectivity index (χ1v) is 8.48. The number of carbonyl (C=O) groups excluding carboxylic acids is 2. The molecule has 2 rings (SSSR count). The third-order valence-electron chi connectivity index (χ3n) is 3.36. The second kappa shape index (κ2) is 8.37. The van der Waals surface area contributed by atoms with Crippen LogP contribution in [0.4, 0.5) is 19.3 Å². The van der Waals surface area contributed by atoms with Crippen molar-refractivity contribution in [1.82, 2.24) is 4.90 Å². The Kier molecular flexibility index (Phi) is 6.46. The van der Waals surface area contributed by atoms with Gasteiger partial charge in [0.05, 0.1) is 16.3 Å². The van der Waals surface area contributed by atoms with Gasteiger partial charge in [0.1, 0.15) is 12.5 Å². The van der Waals surface area contributed by atoms with Crippen LogP contribution in [0.1, 0.15) is 22.8 Å². The maximum Gasteiger partial charge on any atom is 0.330 e. The zero-order chi connectivity index (χ0) is 18.6. The average Bonchev–Trinajstić information content (AvgIpc) is 2.92. The number of nitrogens with one attached hydrogen (secondary N) is 1. The third-order valence-corrected chi connectivity index (χ3v) is 4.49. The van der Waals surface area contributed by atoms with E-state index in [1.165, 1.54) is 19.2 Å². The number of hydrogen-bond donors (Lipinski definition) is 1. The number of nitrogens with zero attached hydrogens (tertiary/aromatic N) is 1. The van der Waals surface area contributed by atoms with Crippen LogP contribution in [0.2, 0.25) is 5.02 Å². The summed E-state index contributed by atoms with van der Waals surface area (Å²) < 4.78 is 32.7. The van der Waals surface area contributed by atoms with Crippen molar-refractivity contribution in [3.8, 4) is 0 Å². The molecule has 0 spiro atoms. The molecule has 2 aromatic rings. The van der Waals surface area contributed by atoms with Gasteiger partial charge in [-0.15, -0.1) is 11.3 Å². The van der Waals surface area contributed by atoms with Crippen LogP contribution in [0.3, 0.4) is 0 Å². The van der Waals surface area contributed by atoms with Gasteiger partial charge in [-0.05, 0) is 29.5 Å². The van der Waals surface area contributed by atoms with Gasteiger partial charge >= 0.3 is 6.03 Å². The van der Waals surface area contributed by atoms with E-state index >= 15 is 0 Å². The number of urea groups is 1. The number of hydrogen-bond acceptors (Lipinski definition) is 4. The van der Waals surface area contributed by atoms with E-state index in [0.717, 1.165) is 17.4 Å². The Balaban J connectivity index is 2.32. The van der Waals surface area contributed by atoms with Crippen LogP contribution in [-0.4, -0.2) is 30.7 Å². The maximum absolute atomic E-state index is 14.0. The summed E-state index contributed by atoms with van der Waals surface area (Å²) in [5, 5.41) is 3.18. The second-order valence-electron chi connectivity index (χ2n) is 4.94. The number of amides is 3. The standard InChI is InChI=1S/C16H15ClF2N2O3S/c1-3-9-7-25-14(19)13(9)20-16(23)21(8-24-2)15(22)12-10(17)5-4-6-11(12)18/h4-7H,3,8H2,1-2H3,(H,20,23). The molecule has 25 heavy (non-hydrogen) atoms. The molecule has 3 amide bonds. The predicted octanol–water partition coefficient (Wildman–Crippen LogP) is 4.52. The number of anilines is 1. The fraction of sp³-hybridized carbons (Fsp3) is 0.250. The molecular formula is C16H15ClF2N2O3S. The summed E-state index contributed by atoms with van der Waals surface area (Å²) in [7, 11) is 1.26. The highest BCUT2D eigenvalue weighted by atomic mass is 35.5. The minimum absolute atomic E-state index is 0.00830. The maximum atomic E-state index is 14.0. The van der Waals surface area contributed by atoms with Gasteiger partial charge < -0.3 is 10.1 Å². The zero-order valence-electron chi connectivity index (χ0n) is 13.4. The summed E-state index contributed by atoms with van der Waals surface area (Å²) in [4.78, 5) is 25.6. The number of carbonyl (C=O) groups is 2. The summed E-state index contributed by atoms with van der Waals surface area (Å²) in [6.45, 7) is 1.34. The lowest BCUT2D eigenvalue weighted by Crippen LogP contribution is -2.42. The van der Waals surface area contributed by atoms with E-state index in [2.05, 4.69) is 5.32 Å². The SMILES string of the molecule is CCc1csc(F)c1NC(=O)N(COC)C(=O)c1c(F)cccc1Cl. The molecule has 0 aliphatic rings. The van der Waals surface area contributed by atoms with Gasteiger partial charge in [0.2, 0.25) is 0 Å². The zero-order valence-corrected chi connectivity index (χ0v) is 15.0. The number of benzene rings is 1. The Bertz CT molecular complexity index is 777. The summed E-state index contributed by atoms with van der Waals surface area (Å²) in [5.41, 5.74) is 0.119. The lowest BCUT2D eigenvalue weighted by molar-refractivity contribution is 0.0552. The van der Waals surface area contributed by atoms with E-state index < -0.39 is 35.2 Å². The Morgan fingerprint density at radius 1 is 1.36 bits per heavy atom. The van der Waals surface area contributed by atoms with Crippen molar-refractivity contribution < 1.29 is 23.1 Å². The third kappa shape index (κ3) is 4.15. The van der Waals surface area contributed by atoms with E-state index in [-0.39, 0.29) is 10.7 Å². The first kappa shape index (κ1) is 19.3. The van der Waals surface area contributed by atoms with Crippen LogP contribution in [0.5, 0.6) is 0 Å². The summed E-state index contributed by atoms with van der Waals surface area (Å²) in [6.07, 6.45) is 0.493. The van der Waals surface area contributed by atoms with Crippen molar-refractivity contribution in [3.63, 3.8) is 0 Å². The van der Waals surface area contributed by atoms with Crippen molar-refractivity contribution in [2.75, 3.05) is 19.2 Å². The Labute approximate surface area is 152 Å². The van der Waals surface area contributed by atoms with E-state index in [4.69, 9.17) is 16.3 Å². The van der Waals surface area contributed by atoms with E-state index in [0.29, 0.717) is 16.9 Å². The van der Waals surface area contributed by atoms with Crippen LogP contribution < -0.4 is 5.32 Å². The highest BCUT2D eigenvalue weighted by Gasteiger charge is 2.28. The molecule has 1 heterocycles. The molecule has 0 aliphatic carbocycles. The minimum Gasteiger partial charge on any atom is -0.364 e. The molecule has 0 bridgehead atoms. The van der Waals surface area contributed by atoms with Gasteiger partial charge in [0.15, 0.2) is 5.13 Å². The lowest BCUT2D eigenvalue weighted by Gasteiger charge is -2.21. The van der Waals surface area contributed by atoms with Crippen molar-refractivity contribution in [2.45, 2.75) is 13.3 Å². The van der Waals surface area contributed by atoms with Gasteiger partial charge in [-0.3, -0.25) is 4.79 Å². The summed E-state index contributed by atoms with van der Waals surface area (Å²) in [6, 6.07) is 2.77. The molecule has 0 fully saturated rings. The molecular weight excluding hydrogens is 374 g/mol. The van der Waals surface area contributed by atoms with Crippen LogP contribution in [0, 0.1) is 10.9 Å². The van der Waals surface area contributed by atoms with Gasteiger partial charge in [-0.25, -0.2) is 14.1 Å². The molecule has 0 unspecified atom stereocenters. The number of ether oxygens (including phenoxy) is 1. The quantitative estimate of drug-likeness (QED) is 0.766. The van der Waals surface area contributed by atoms with Crippen molar-refractivity contribution >= 4 is 40.6 Å². The van der Waals surface area contributed by atoms with E-state index in [9.17, 15) is 18.4 Å². The van der Waals surface area contributed by atoms with Gasteiger partial charge in [0.25, 0.3) is 5.91 Å². The van der Waals surface area contributed by atoms with Crippen LogP contribution in [0.25, 0.3) is 0 Å².